The van der Waals surface area contributed by atoms with Crippen LogP contribution in [0.1, 0.15) is 10.8 Å². The molecule has 1 aromatic rings. The monoisotopic (exact) mass is 166 g/mol. The van der Waals surface area contributed by atoms with Crippen molar-refractivity contribution in [1.29, 1.82) is 5.26 Å². The number of thiophene rings is 1. The molecule has 0 saturated heterocycles. The lowest BCUT2D eigenvalue weighted by Crippen LogP contribution is -2.28. The van der Waals surface area contributed by atoms with Gasteiger partial charge >= 0.3 is 0 Å². The number of nitriles is 1. The average molecular weight is 166 g/mol. The summed E-state index contributed by atoms with van der Waals surface area (Å²) in [7, 11) is 0. The molecule has 0 aliphatic heterocycles. The van der Waals surface area contributed by atoms with E-state index in [0.29, 0.717) is 4.88 Å². The van der Waals surface area contributed by atoms with Gasteiger partial charge in [-0.25, -0.2) is 0 Å². The van der Waals surface area contributed by atoms with E-state index in [2.05, 4.69) is 0 Å². The molecule has 0 saturated carbocycles. The number of hydrogen-bond acceptors (Lipinski definition) is 4. The van der Waals surface area contributed by atoms with Crippen LogP contribution >= 0.6 is 11.3 Å². The van der Waals surface area contributed by atoms with Gasteiger partial charge in [0.15, 0.2) is 0 Å². The van der Waals surface area contributed by atoms with Gasteiger partial charge in [-0.2, -0.15) is 5.26 Å². The predicted octanol–water partition coefficient (Wildman–Crippen LogP) is 0.105. The van der Waals surface area contributed by atoms with Crippen LogP contribution in [0.5, 0.6) is 0 Å². The average Bonchev–Trinajstić information content (AvgIpc) is 2.40. The molecule has 0 fully saturated rings. The number of carboxylic acid groups (broad SMARTS) is 1. The van der Waals surface area contributed by atoms with Crippen molar-refractivity contribution in [2.45, 2.75) is 5.92 Å². The van der Waals surface area contributed by atoms with Gasteiger partial charge in [-0.3, -0.25) is 0 Å². The Labute approximate surface area is 67.5 Å². The zero-order valence-corrected chi connectivity index (χ0v) is 6.30. The van der Waals surface area contributed by atoms with Gasteiger partial charge in [-0.05, 0) is 11.4 Å². The van der Waals surface area contributed by atoms with Crippen LogP contribution < -0.4 is 5.11 Å². The molecule has 1 rings (SSSR count). The summed E-state index contributed by atoms with van der Waals surface area (Å²) < 4.78 is 0. The Morgan fingerprint density at radius 2 is 2.55 bits per heavy atom. The fourth-order valence-electron chi connectivity index (χ4n) is 0.688. The van der Waals surface area contributed by atoms with Gasteiger partial charge in [0.05, 0.1) is 12.0 Å². The van der Waals surface area contributed by atoms with E-state index in [-0.39, 0.29) is 0 Å². The Hall–Kier alpha value is -1.34. The van der Waals surface area contributed by atoms with Crippen LogP contribution in [0.3, 0.4) is 0 Å². The molecule has 56 valence electrons. The lowest BCUT2D eigenvalue weighted by molar-refractivity contribution is -0.306. The van der Waals surface area contributed by atoms with Gasteiger partial charge in [0.25, 0.3) is 0 Å². The Balaban J connectivity index is 2.91. The van der Waals surface area contributed by atoms with Crippen LogP contribution in [-0.4, -0.2) is 5.97 Å². The summed E-state index contributed by atoms with van der Waals surface area (Å²) in [6.07, 6.45) is 0. The molecular formula is C7H4NO2S-. The van der Waals surface area contributed by atoms with E-state index in [0.717, 1.165) is 0 Å². The maximum absolute atomic E-state index is 10.3. The number of rotatable bonds is 2. The minimum absolute atomic E-state index is 0.521. The first kappa shape index (κ1) is 7.76. The lowest BCUT2D eigenvalue weighted by atomic mass is 10.1. The van der Waals surface area contributed by atoms with Gasteiger partial charge in [-0.1, -0.05) is 6.07 Å². The second kappa shape index (κ2) is 3.17. The summed E-state index contributed by atoms with van der Waals surface area (Å²) in [5.41, 5.74) is 0. The van der Waals surface area contributed by atoms with Crippen molar-refractivity contribution in [2.24, 2.45) is 0 Å². The second-order valence-electron chi connectivity index (χ2n) is 1.90. The fourth-order valence-corrected chi connectivity index (χ4v) is 1.44. The van der Waals surface area contributed by atoms with Crippen molar-refractivity contribution in [3.63, 3.8) is 0 Å². The van der Waals surface area contributed by atoms with Crippen LogP contribution in [0.15, 0.2) is 17.5 Å². The molecule has 0 aromatic carbocycles. The van der Waals surface area contributed by atoms with Crippen LogP contribution in [-0.2, 0) is 4.79 Å². The third-order valence-corrected chi connectivity index (χ3v) is 2.13. The van der Waals surface area contributed by atoms with Crippen LogP contribution in [0.4, 0.5) is 0 Å². The first-order chi connectivity index (χ1) is 5.25. The third kappa shape index (κ3) is 1.57. The highest BCUT2D eigenvalue weighted by Crippen LogP contribution is 2.19. The molecule has 1 unspecified atom stereocenters. The van der Waals surface area contributed by atoms with Gasteiger partial charge in [0.2, 0.25) is 0 Å². The summed E-state index contributed by atoms with van der Waals surface area (Å²) in [5, 5.41) is 20.4. The second-order valence-corrected chi connectivity index (χ2v) is 2.88. The Kier molecular flexibility index (Phi) is 2.24. The molecule has 0 bridgehead atoms. The van der Waals surface area contributed by atoms with Crippen molar-refractivity contribution in [3.8, 4) is 6.07 Å². The predicted molar refractivity (Wildman–Crippen MR) is 37.7 cm³/mol. The maximum Gasteiger partial charge on any atom is 0.120 e. The molecule has 1 aromatic heterocycles. The molecule has 0 N–H and O–H groups in total. The minimum Gasteiger partial charge on any atom is -0.548 e. The number of carbonyl (C=O) groups is 1. The SMILES string of the molecule is N#CC(C(=O)[O-])c1cccs1. The van der Waals surface area contributed by atoms with Crippen molar-refractivity contribution in [2.75, 3.05) is 0 Å². The third-order valence-electron chi connectivity index (χ3n) is 1.19. The van der Waals surface area contributed by atoms with E-state index in [4.69, 9.17) is 5.26 Å². The summed E-state index contributed by atoms with van der Waals surface area (Å²) in [6.45, 7) is 0. The first-order valence-corrected chi connectivity index (χ1v) is 3.77. The standard InChI is InChI=1S/C7H5NO2S/c8-4-5(7(9)10)6-2-1-3-11-6/h1-3,5H,(H,9,10)/p-1. The molecular weight excluding hydrogens is 162 g/mol. The topological polar surface area (TPSA) is 63.9 Å². The molecule has 3 nitrogen and oxygen atoms in total. The number of hydrogen-bond donors (Lipinski definition) is 0. The van der Waals surface area contributed by atoms with E-state index in [1.165, 1.54) is 11.3 Å². The molecule has 0 aliphatic carbocycles. The lowest BCUT2D eigenvalue weighted by Gasteiger charge is -2.05. The van der Waals surface area contributed by atoms with Crippen molar-refractivity contribution < 1.29 is 9.90 Å². The van der Waals surface area contributed by atoms with Crippen molar-refractivity contribution in [1.82, 2.24) is 0 Å². The molecule has 0 amide bonds. The summed E-state index contributed by atoms with van der Waals surface area (Å²) in [5.74, 6) is -2.45. The Morgan fingerprint density at radius 3 is 2.91 bits per heavy atom. The molecule has 1 atom stereocenters. The normalized spacial score (nSPS) is 11.9. The Bertz CT molecular complexity index is 286. The molecule has 4 heteroatoms. The highest BCUT2D eigenvalue weighted by molar-refractivity contribution is 7.10. The van der Waals surface area contributed by atoms with Crippen molar-refractivity contribution >= 4 is 17.3 Å². The van der Waals surface area contributed by atoms with Gasteiger partial charge in [0, 0.05) is 4.88 Å². The fraction of sp³-hybridized carbons (Fsp3) is 0.143. The summed E-state index contributed by atoms with van der Waals surface area (Å²) in [4.78, 5) is 10.8. The van der Waals surface area contributed by atoms with Crippen molar-refractivity contribution in [3.05, 3.63) is 22.4 Å². The first-order valence-electron chi connectivity index (χ1n) is 2.89. The molecule has 11 heavy (non-hydrogen) atoms. The number of carboxylic acids is 1. The highest BCUT2D eigenvalue weighted by Gasteiger charge is 2.11. The van der Waals surface area contributed by atoms with Gasteiger partial charge in [0.1, 0.15) is 5.92 Å². The largest absolute Gasteiger partial charge is 0.548 e. The zero-order valence-electron chi connectivity index (χ0n) is 5.48. The minimum atomic E-state index is -1.34. The van der Waals surface area contributed by atoms with E-state index in [9.17, 15) is 9.90 Å². The van der Waals surface area contributed by atoms with E-state index < -0.39 is 11.9 Å². The highest BCUT2D eigenvalue weighted by atomic mass is 32.1. The van der Waals surface area contributed by atoms with Gasteiger partial charge in [-0.15, -0.1) is 11.3 Å². The quantitative estimate of drug-likeness (QED) is 0.626. The van der Waals surface area contributed by atoms with E-state index in [1.54, 1.807) is 23.6 Å². The van der Waals surface area contributed by atoms with Crippen LogP contribution in [0.2, 0.25) is 0 Å². The number of carbonyl (C=O) groups excluding carboxylic acids is 1. The number of nitrogens with zero attached hydrogens (tertiary/aromatic N) is 1. The maximum atomic E-state index is 10.3. The summed E-state index contributed by atoms with van der Waals surface area (Å²) in [6, 6.07) is 4.96. The number of aliphatic carboxylic acids is 1. The van der Waals surface area contributed by atoms with Crippen LogP contribution in [0, 0.1) is 11.3 Å². The smallest absolute Gasteiger partial charge is 0.120 e. The molecule has 1 heterocycles. The Morgan fingerprint density at radius 1 is 1.82 bits per heavy atom. The molecule has 0 radical (unpaired) electrons. The summed E-state index contributed by atoms with van der Waals surface area (Å²) >= 11 is 1.24. The van der Waals surface area contributed by atoms with E-state index in [1.807, 2.05) is 0 Å². The molecule has 0 spiro atoms. The van der Waals surface area contributed by atoms with E-state index >= 15 is 0 Å². The van der Waals surface area contributed by atoms with Crippen LogP contribution in [0.25, 0.3) is 0 Å². The van der Waals surface area contributed by atoms with Gasteiger partial charge < -0.3 is 9.90 Å². The molecule has 0 aliphatic rings. The zero-order chi connectivity index (χ0) is 8.27.